The third-order valence-corrected chi connectivity index (χ3v) is 5.40. The number of benzene rings is 1. The van der Waals surface area contributed by atoms with Crippen LogP contribution >= 0.6 is 0 Å². The van der Waals surface area contributed by atoms with Crippen molar-refractivity contribution >= 4 is 10.9 Å². The van der Waals surface area contributed by atoms with Crippen LogP contribution in [0.15, 0.2) is 18.2 Å². The van der Waals surface area contributed by atoms with Gasteiger partial charge in [-0.2, -0.15) is 13.2 Å². The standard InChI is InChI=1S/C17H19F3N2/c1-9-6-15-16(11-4-5-21-8-13(9)11)12-7-10(17(18,19)20)2-3-14(12)22-15/h2-3,7,9,11,13,21-22H,4-6,8H2,1H3/t9-,11-,13+/m0/s1. The molecule has 2 aromatic rings. The van der Waals surface area contributed by atoms with E-state index in [1.807, 2.05) is 0 Å². The van der Waals surface area contributed by atoms with Crippen molar-refractivity contribution in [1.29, 1.82) is 0 Å². The maximum absolute atomic E-state index is 13.0. The summed E-state index contributed by atoms with van der Waals surface area (Å²) >= 11 is 0. The molecule has 0 bridgehead atoms. The zero-order valence-corrected chi connectivity index (χ0v) is 12.4. The fraction of sp³-hybridized carbons (Fsp3) is 0.529. The van der Waals surface area contributed by atoms with E-state index in [4.69, 9.17) is 0 Å². The summed E-state index contributed by atoms with van der Waals surface area (Å²) < 4.78 is 39.1. The number of H-pyrrole nitrogens is 1. The molecule has 2 heterocycles. The van der Waals surface area contributed by atoms with Gasteiger partial charge in [0.05, 0.1) is 5.56 Å². The normalized spacial score (nSPS) is 28.5. The van der Waals surface area contributed by atoms with Gasteiger partial charge < -0.3 is 10.3 Å². The highest BCUT2D eigenvalue weighted by Crippen LogP contribution is 2.46. The summed E-state index contributed by atoms with van der Waals surface area (Å²) in [5, 5.41) is 4.20. The Bertz CT molecular complexity index is 716. The summed E-state index contributed by atoms with van der Waals surface area (Å²) in [5.74, 6) is 1.45. The second kappa shape index (κ2) is 4.75. The van der Waals surface area contributed by atoms with Gasteiger partial charge in [0.25, 0.3) is 0 Å². The van der Waals surface area contributed by atoms with Crippen molar-refractivity contribution in [2.24, 2.45) is 11.8 Å². The monoisotopic (exact) mass is 308 g/mol. The van der Waals surface area contributed by atoms with Gasteiger partial charge in [0.2, 0.25) is 0 Å². The van der Waals surface area contributed by atoms with E-state index in [1.54, 1.807) is 6.07 Å². The highest BCUT2D eigenvalue weighted by molar-refractivity contribution is 5.86. The molecular weight excluding hydrogens is 289 g/mol. The first-order valence-electron chi connectivity index (χ1n) is 7.87. The van der Waals surface area contributed by atoms with E-state index in [-0.39, 0.29) is 0 Å². The van der Waals surface area contributed by atoms with Gasteiger partial charge in [-0.05, 0) is 67.4 Å². The predicted molar refractivity (Wildman–Crippen MR) is 79.9 cm³/mol. The highest BCUT2D eigenvalue weighted by Gasteiger charge is 2.39. The van der Waals surface area contributed by atoms with Gasteiger partial charge in [0, 0.05) is 16.6 Å². The highest BCUT2D eigenvalue weighted by atomic mass is 19.4. The molecule has 0 radical (unpaired) electrons. The summed E-state index contributed by atoms with van der Waals surface area (Å²) in [7, 11) is 0. The minimum absolute atomic E-state index is 0.372. The van der Waals surface area contributed by atoms with E-state index in [2.05, 4.69) is 17.2 Å². The Morgan fingerprint density at radius 3 is 2.82 bits per heavy atom. The molecule has 1 aliphatic heterocycles. The number of aromatic amines is 1. The van der Waals surface area contributed by atoms with Crippen LogP contribution < -0.4 is 5.32 Å². The molecule has 0 spiro atoms. The van der Waals surface area contributed by atoms with Crippen molar-refractivity contribution in [3.63, 3.8) is 0 Å². The molecule has 2 N–H and O–H groups in total. The lowest BCUT2D eigenvalue weighted by molar-refractivity contribution is -0.137. The number of piperidine rings is 1. The molecule has 1 aromatic carbocycles. The lowest BCUT2D eigenvalue weighted by Gasteiger charge is -2.40. The second-order valence-electron chi connectivity index (χ2n) is 6.72. The number of fused-ring (bicyclic) bond motifs is 5. The smallest absolute Gasteiger partial charge is 0.358 e. The molecule has 2 aliphatic rings. The number of nitrogens with one attached hydrogen (secondary N) is 2. The topological polar surface area (TPSA) is 27.8 Å². The van der Waals surface area contributed by atoms with Crippen LogP contribution in [0.2, 0.25) is 0 Å². The average Bonchev–Trinajstić information content (AvgIpc) is 2.83. The first kappa shape index (κ1) is 14.1. The summed E-state index contributed by atoms with van der Waals surface area (Å²) in [6.07, 6.45) is -2.35. The molecule has 22 heavy (non-hydrogen) atoms. The first-order valence-corrected chi connectivity index (χ1v) is 7.87. The van der Waals surface area contributed by atoms with Gasteiger partial charge in [-0.15, -0.1) is 0 Å². The predicted octanol–water partition coefficient (Wildman–Crippen LogP) is 4.07. The van der Waals surface area contributed by atoms with Crippen LogP contribution in [-0.2, 0) is 12.6 Å². The fourth-order valence-electron chi connectivity index (χ4n) is 4.34. The zero-order valence-electron chi connectivity index (χ0n) is 12.4. The second-order valence-corrected chi connectivity index (χ2v) is 6.72. The van der Waals surface area contributed by atoms with Crippen molar-refractivity contribution in [3.8, 4) is 0 Å². The molecule has 1 fully saturated rings. The number of halogens is 3. The fourth-order valence-corrected chi connectivity index (χ4v) is 4.34. The molecule has 1 aliphatic carbocycles. The van der Waals surface area contributed by atoms with Crippen molar-refractivity contribution < 1.29 is 13.2 Å². The Morgan fingerprint density at radius 2 is 2.05 bits per heavy atom. The van der Waals surface area contributed by atoms with Crippen LogP contribution in [-0.4, -0.2) is 18.1 Å². The summed E-state index contributed by atoms with van der Waals surface area (Å²) in [6, 6.07) is 4.09. The molecule has 3 atom stereocenters. The summed E-state index contributed by atoms with van der Waals surface area (Å²) in [5.41, 5.74) is 2.57. The number of alkyl halides is 3. The number of hydrogen-bond acceptors (Lipinski definition) is 1. The van der Waals surface area contributed by atoms with E-state index in [9.17, 15) is 13.2 Å². The quantitative estimate of drug-likeness (QED) is 0.754. The van der Waals surface area contributed by atoms with Crippen LogP contribution in [0.5, 0.6) is 0 Å². The van der Waals surface area contributed by atoms with Gasteiger partial charge in [0.15, 0.2) is 0 Å². The molecule has 0 saturated carbocycles. The lowest BCUT2D eigenvalue weighted by Crippen LogP contribution is -2.41. The molecule has 1 saturated heterocycles. The Balaban J connectivity index is 1.90. The van der Waals surface area contributed by atoms with Crippen molar-refractivity contribution in [2.45, 2.75) is 31.9 Å². The Hall–Kier alpha value is -1.49. The third-order valence-electron chi connectivity index (χ3n) is 5.40. The average molecular weight is 308 g/mol. The number of aromatic nitrogens is 1. The lowest BCUT2D eigenvalue weighted by atomic mass is 9.68. The molecule has 1 aromatic heterocycles. The van der Waals surface area contributed by atoms with E-state index in [1.165, 1.54) is 12.1 Å². The van der Waals surface area contributed by atoms with E-state index >= 15 is 0 Å². The van der Waals surface area contributed by atoms with Crippen molar-refractivity contribution in [1.82, 2.24) is 10.3 Å². The van der Waals surface area contributed by atoms with Crippen LogP contribution in [0.3, 0.4) is 0 Å². The SMILES string of the molecule is C[C@H]1Cc2[nH]c3ccc(C(F)(F)F)cc3c2[C@H]2CCNC[C@@H]21. The van der Waals surface area contributed by atoms with Gasteiger partial charge in [-0.3, -0.25) is 0 Å². The zero-order chi connectivity index (χ0) is 15.5. The molecule has 0 amide bonds. The van der Waals surface area contributed by atoms with E-state index < -0.39 is 11.7 Å². The van der Waals surface area contributed by atoms with Crippen LogP contribution in [0, 0.1) is 11.8 Å². The van der Waals surface area contributed by atoms with E-state index in [0.717, 1.165) is 48.1 Å². The molecule has 118 valence electrons. The van der Waals surface area contributed by atoms with Gasteiger partial charge in [-0.25, -0.2) is 0 Å². The Kier molecular flexibility index (Phi) is 3.05. The maximum Gasteiger partial charge on any atom is 0.416 e. The molecule has 4 rings (SSSR count). The third kappa shape index (κ3) is 2.06. The van der Waals surface area contributed by atoms with Crippen LogP contribution in [0.4, 0.5) is 13.2 Å². The van der Waals surface area contributed by atoms with Gasteiger partial charge in [-0.1, -0.05) is 6.92 Å². The molecule has 5 heteroatoms. The summed E-state index contributed by atoms with van der Waals surface area (Å²) in [6.45, 7) is 4.16. The Labute approximate surface area is 127 Å². The molecule has 0 unspecified atom stereocenters. The van der Waals surface area contributed by atoms with E-state index in [0.29, 0.717) is 17.8 Å². The molecule has 2 nitrogen and oxygen atoms in total. The van der Waals surface area contributed by atoms with Crippen LogP contribution in [0.25, 0.3) is 10.9 Å². The molecular formula is C17H19F3N2. The number of rotatable bonds is 0. The minimum atomic E-state index is -4.28. The van der Waals surface area contributed by atoms with Crippen molar-refractivity contribution in [2.75, 3.05) is 13.1 Å². The van der Waals surface area contributed by atoms with Crippen LogP contribution in [0.1, 0.15) is 36.1 Å². The maximum atomic E-state index is 13.0. The summed E-state index contributed by atoms with van der Waals surface area (Å²) in [4.78, 5) is 3.37. The first-order chi connectivity index (χ1) is 10.4. The van der Waals surface area contributed by atoms with Gasteiger partial charge >= 0.3 is 6.18 Å². The largest absolute Gasteiger partial charge is 0.416 e. The Morgan fingerprint density at radius 1 is 1.23 bits per heavy atom. The van der Waals surface area contributed by atoms with Gasteiger partial charge in [0.1, 0.15) is 0 Å². The number of hydrogen-bond donors (Lipinski definition) is 2. The van der Waals surface area contributed by atoms with Crippen molar-refractivity contribution in [3.05, 3.63) is 35.0 Å². The minimum Gasteiger partial charge on any atom is -0.358 e.